The molecule has 0 spiro atoms. The smallest absolute Gasteiger partial charge is 0.312 e. The summed E-state index contributed by atoms with van der Waals surface area (Å²) in [5.41, 5.74) is -0.546. The van der Waals surface area contributed by atoms with Crippen LogP contribution in [0.4, 0.5) is 0 Å². The molecule has 0 aromatic carbocycles. The highest BCUT2D eigenvalue weighted by Crippen LogP contribution is 2.33. The van der Waals surface area contributed by atoms with E-state index in [1.807, 2.05) is 34.6 Å². The van der Waals surface area contributed by atoms with Crippen LogP contribution in [0.1, 0.15) is 79.6 Å². The molecular formula is C20H38O4. The number of esters is 1. The van der Waals surface area contributed by atoms with Gasteiger partial charge in [0, 0.05) is 6.61 Å². The van der Waals surface area contributed by atoms with Crippen LogP contribution in [-0.4, -0.2) is 34.5 Å². The van der Waals surface area contributed by atoms with Gasteiger partial charge in [-0.1, -0.05) is 46.0 Å². The van der Waals surface area contributed by atoms with E-state index in [1.54, 1.807) is 0 Å². The number of aliphatic hydroxyl groups excluding tert-OH is 2. The minimum absolute atomic E-state index is 0.0105. The van der Waals surface area contributed by atoms with Gasteiger partial charge in [-0.2, -0.15) is 0 Å². The molecule has 1 rings (SSSR count). The summed E-state index contributed by atoms with van der Waals surface area (Å²) in [4.78, 5) is 12.7. The Morgan fingerprint density at radius 1 is 1.17 bits per heavy atom. The lowest BCUT2D eigenvalue weighted by atomic mass is 9.78. The third-order valence-electron chi connectivity index (χ3n) is 5.21. The zero-order valence-electron chi connectivity index (χ0n) is 16.3. The second-order valence-electron chi connectivity index (χ2n) is 8.87. The Morgan fingerprint density at radius 2 is 1.75 bits per heavy atom. The van der Waals surface area contributed by atoms with Gasteiger partial charge < -0.3 is 14.9 Å². The second kappa shape index (κ2) is 9.76. The number of carbonyl (C=O) groups is 1. The van der Waals surface area contributed by atoms with Crippen molar-refractivity contribution < 1.29 is 19.7 Å². The van der Waals surface area contributed by atoms with Gasteiger partial charge in [0.1, 0.15) is 5.60 Å². The normalized spacial score (nSPS) is 20.7. The predicted octanol–water partition coefficient (Wildman–Crippen LogP) is 3.93. The van der Waals surface area contributed by atoms with E-state index in [-0.39, 0.29) is 24.4 Å². The van der Waals surface area contributed by atoms with E-state index in [4.69, 9.17) is 4.74 Å². The quantitative estimate of drug-likeness (QED) is 0.656. The molecule has 0 aliphatic heterocycles. The maximum absolute atomic E-state index is 12.7. The van der Waals surface area contributed by atoms with Crippen molar-refractivity contribution in [1.82, 2.24) is 0 Å². The maximum Gasteiger partial charge on any atom is 0.312 e. The number of aliphatic hydroxyl groups is 2. The molecule has 0 radical (unpaired) electrons. The first kappa shape index (κ1) is 21.4. The Morgan fingerprint density at radius 3 is 2.21 bits per heavy atom. The topological polar surface area (TPSA) is 66.8 Å². The first-order valence-electron chi connectivity index (χ1n) is 9.65. The fraction of sp³-hybridized carbons (Fsp3) is 0.950. The molecule has 0 amide bonds. The van der Waals surface area contributed by atoms with Crippen LogP contribution in [-0.2, 0) is 9.53 Å². The lowest BCUT2D eigenvalue weighted by molar-refractivity contribution is -0.165. The third-order valence-corrected chi connectivity index (χ3v) is 5.21. The fourth-order valence-electron chi connectivity index (χ4n) is 3.60. The van der Waals surface area contributed by atoms with Crippen LogP contribution in [0.25, 0.3) is 0 Å². The van der Waals surface area contributed by atoms with Gasteiger partial charge in [-0.15, -0.1) is 0 Å². The molecule has 3 atom stereocenters. The van der Waals surface area contributed by atoms with Crippen LogP contribution in [0.2, 0.25) is 0 Å². The number of hydrogen-bond acceptors (Lipinski definition) is 4. The number of rotatable bonds is 8. The molecule has 0 aromatic heterocycles. The van der Waals surface area contributed by atoms with Crippen LogP contribution >= 0.6 is 0 Å². The summed E-state index contributed by atoms with van der Waals surface area (Å²) in [6, 6.07) is 0. The highest BCUT2D eigenvalue weighted by Gasteiger charge is 2.35. The standard InChI is InChI=1S/C20H38O4/c1-14(2)16(13-21)12-18(22)17(19(23)24-20(3,4)5)11-15-9-7-6-8-10-15/h14-18,21-22H,6-13H2,1-5H3/t16-,17+,18+/m1/s1. The van der Waals surface area contributed by atoms with Crippen molar-refractivity contribution >= 4 is 5.97 Å². The summed E-state index contributed by atoms with van der Waals surface area (Å²) in [7, 11) is 0. The van der Waals surface area contributed by atoms with Crippen molar-refractivity contribution in [2.75, 3.05) is 6.61 Å². The average Bonchev–Trinajstić information content (AvgIpc) is 2.48. The Hall–Kier alpha value is -0.610. The van der Waals surface area contributed by atoms with Crippen LogP contribution < -0.4 is 0 Å². The molecule has 1 aliphatic rings. The first-order valence-corrected chi connectivity index (χ1v) is 9.65. The van der Waals surface area contributed by atoms with Gasteiger partial charge in [-0.25, -0.2) is 0 Å². The second-order valence-corrected chi connectivity index (χ2v) is 8.87. The largest absolute Gasteiger partial charge is 0.460 e. The predicted molar refractivity (Wildman–Crippen MR) is 96.6 cm³/mol. The Balaban J connectivity index is 2.79. The van der Waals surface area contributed by atoms with Gasteiger partial charge in [0.05, 0.1) is 12.0 Å². The van der Waals surface area contributed by atoms with Crippen molar-refractivity contribution in [3.05, 3.63) is 0 Å². The number of carbonyl (C=O) groups excluding carboxylic acids is 1. The molecule has 2 N–H and O–H groups in total. The van der Waals surface area contributed by atoms with Gasteiger partial charge in [-0.3, -0.25) is 4.79 Å². The molecule has 0 unspecified atom stereocenters. The van der Waals surface area contributed by atoms with Crippen LogP contribution in [0.15, 0.2) is 0 Å². The van der Waals surface area contributed by atoms with E-state index in [0.29, 0.717) is 18.8 Å². The maximum atomic E-state index is 12.7. The van der Waals surface area contributed by atoms with Gasteiger partial charge in [-0.05, 0) is 51.4 Å². The number of ether oxygens (including phenoxy) is 1. The minimum atomic E-state index is -0.749. The zero-order chi connectivity index (χ0) is 18.3. The van der Waals surface area contributed by atoms with Gasteiger partial charge in [0.15, 0.2) is 0 Å². The highest BCUT2D eigenvalue weighted by atomic mass is 16.6. The summed E-state index contributed by atoms with van der Waals surface area (Å²) < 4.78 is 5.58. The SMILES string of the molecule is CC(C)[C@@H](CO)C[C@H](O)[C@H](CC1CCCCC1)C(=O)OC(C)(C)C. The van der Waals surface area contributed by atoms with Gasteiger partial charge in [0.25, 0.3) is 0 Å². The summed E-state index contributed by atoms with van der Waals surface area (Å²) in [5.74, 6) is 0.00796. The molecule has 0 heterocycles. The molecule has 4 heteroatoms. The van der Waals surface area contributed by atoms with E-state index in [2.05, 4.69) is 0 Å². The first-order chi connectivity index (χ1) is 11.1. The molecule has 4 nitrogen and oxygen atoms in total. The van der Waals surface area contributed by atoms with Crippen molar-refractivity contribution in [3.8, 4) is 0 Å². The van der Waals surface area contributed by atoms with Crippen LogP contribution in [0.5, 0.6) is 0 Å². The van der Waals surface area contributed by atoms with Crippen LogP contribution in [0.3, 0.4) is 0 Å². The van der Waals surface area contributed by atoms with Gasteiger partial charge >= 0.3 is 5.97 Å². The van der Waals surface area contributed by atoms with E-state index in [0.717, 1.165) is 12.8 Å². The summed E-state index contributed by atoms with van der Waals surface area (Å²) in [6.07, 6.45) is 6.38. The van der Waals surface area contributed by atoms with Gasteiger partial charge in [0.2, 0.25) is 0 Å². The van der Waals surface area contributed by atoms with Crippen molar-refractivity contribution in [2.45, 2.75) is 91.3 Å². The lowest BCUT2D eigenvalue weighted by Crippen LogP contribution is -2.38. The van der Waals surface area contributed by atoms with Crippen molar-refractivity contribution in [3.63, 3.8) is 0 Å². The molecular weight excluding hydrogens is 304 g/mol. The Labute approximate surface area is 148 Å². The Bertz CT molecular complexity index is 366. The molecule has 142 valence electrons. The fourth-order valence-corrected chi connectivity index (χ4v) is 3.60. The van der Waals surface area contributed by atoms with E-state index >= 15 is 0 Å². The van der Waals surface area contributed by atoms with Crippen LogP contribution in [0, 0.1) is 23.7 Å². The van der Waals surface area contributed by atoms with Crippen molar-refractivity contribution in [1.29, 1.82) is 0 Å². The highest BCUT2D eigenvalue weighted by molar-refractivity contribution is 5.73. The molecule has 0 aromatic rings. The Kier molecular flexibility index (Phi) is 8.72. The summed E-state index contributed by atoms with van der Waals surface area (Å²) >= 11 is 0. The molecule has 0 bridgehead atoms. The third kappa shape index (κ3) is 7.52. The minimum Gasteiger partial charge on any atom is -0.460 e. The summed E-state index contributed by atoms with van der Waals surface area (Å²) in [5, 5.41) is 20.3. The van der Waals surface area contributed by atoms with E-state index < -0.39 is 17.6 Å². The lowest BCUT2D eigenvalue weighted by Gasteiger charge is -2.32. The molecule has 0 saturated heterocycles. The average molecular weight is 343 g/mol. The van der Waals surface area contributed by atoms with E-state index in [9.17, 15) is 15.0 Å². The summed E-state index contributed by atoms with van der Waals surface area (Å²) in [6.45, 7) is 9.70. The monoisotopic (exact) mass is 342 g/mol. The molecule has 24 heavy (non-hydrogen) atoms. The molecule has 1 saturated carbocycles. The van der Waals surface area contributed by atoms with E-state index in [1.165, 1.54) is 19.3 Å². The molecule has 1 fully saturated rings. The van der Waals surface area contributed by atoms with Crippen molar-refractivity contribution in [2.24, 2.45) is 23.7 Å². The number of hydrogen-bond donors (Lipinski definition) is 2. The zero-order valence-corrected chi connectivity index (χ0v) is 16.3. The molecule has 1 aliphatic carbocycles.